The Morgan fingerprint density at radius 1 is 1.59 bits per heavy atom. The van der Waals surface area contributed by atoms with E-state index in [-0.39, 0.29) is 11.4 Å². The molecule has 17 heavy (non-hydrogen) atoms. The van der Waals surface area contributed by atoms with E-state index in [0.717, 1.165) is 19.3 Å². The van der Waals surface area contributed by atoms with Crippen LogP contribution >= 0.6 is 0 Å². The first-order chi connectivity index (χ1) is 8.18. The summed E-state index contributed by atoms with van der Waals surface area (Å²) >= 11 is 0. The average Bonchev–Trinajstić information content (AvgIpc) is 2.35. The zero-order valence-corrected chi connectivity index (χ0v) is 10.2. The number of nitrogens with one attached hydrogen (secondary N) is 1. The normalized spacial score (nSPS) is 29.0. The van der Waals surface area contributed by atoms with E-state index >= 15 is 0 Å². The Balaban J connectivity index is 2.22. The van der Waals surface area contributed by atoms with Gasteiger partial charge in [-0.25, -0.2) is 9.37 Å². The van der Waals surface area contributed by atoms with Crippen molar-refractivity contribution in [3.63, 3.8) is 0 Å². The fourth-order valence-corrected chi connectivity index (χ4v) is 2.67. The van der Waals surface area contributed by atoms with E-state index < -0.39 is 0 Å². The number of rotatable bonds is 3. The Kier molecular flexibility index (Phi) is 3.62. The monoisotopic (exact) mass is 237 g/mol. The van der Waals surface area contributed by atoms with Crippen LogP contribution < -0.4 is 11.1 Å². The summed E-state index contributed by atoms with van der Waals surface area (Å²) in [6.07, 6.45) is 6.10. The Morgan fingerprint density at radius 3 is 3.06 bits per heavy atom. The zero-order chi connectivity index (χ0) is 12.3. The van der Waals surface area contributed by atoms with Crippen molar-refractivity contribution in [3.8, 4) is 0 Å². The van der Waals surface area contributed by atoms with Crippen LogP contribution in [0.15, 0.2) is 18.3 Å². The molecule has 2 unspecified atom stereocenters. The lowest BCUT2D eigenvalue weighted by Crippen LogP contribution is -2.52. The predicted octanol–water partition coefficient (Wildman–Crippen LogP) is 2.54. The van der Waals surface area contributed by atoms with Gasteiger partial charge in [0.15, 0.2) is 11.6 Å². The van der Waals surface area contributed by atoms with Crippen molar-refractivity contribution in [3.05, 3.63) is 24.1 Å². The highest BCUT2D eigenvalue weighted by Gasteiger charge is 2.37. The molecule has 1 aliphatic carbocycles. The molecule has 3 nitrogen and oxygen atoms in total. The first kappa shape index (κ1) is 12.3. The number of nitrogens with two attached hydrogens (primary N) is 1. The lowest BCUT2D eigenvalue weighted by atomic mass is 9.73. The highest BCUT2D eigenvalue weighted by molar-refractivity contribution is 5.39. The molecule has 1 aliphatic rings. The van der Waals surface area contributed by atoms with Crippen molar-refractivity contribution in [2.75, 3.05) is 11.9 Å². The minimum Gasteiger partial charge on any atom is -0.361 e. The number of hydrogen-bond donors (Lipinski definition) is 2. The van der Waals surface area contributed by atoms with E-state index in [1.165, 1.54) is 12.5 Å². The van der Waals surface area contributed by atoms with Gasteiger partial charge in [0.05, 0.1) is 5.54 Å². The quantitative estimate of drug-likeness (QED) is 0.849. The number of pyridine rings is 1. The molecule has 3 N–H and O–H groups in total. The molecule has 0 saturated heterocycles. The molecule has 0 aliphatic heterocycles. The van der Waals surface area contributed by atoms with Gasteiger partial charge < -0.3 is 11.1 Å². The molecule has 0 aromatic carbocycles. The maximum atomic E-state index is 13.6. The van der Waals surface area contributed by atoms with E-state index in [0.29, 0.717) is 18.3 Å². The topological polar surface area (TPSA) is 50.9 Å². The Morgan fingerprint density at radius 2 is 2.41 bits per heavy atom. The molecule has 94 valence electrons. The van der Waals surface area contributed by atoms with Crippen LogP contribution in [0.5, 0.6) is 0 Å². The third-order valence-corrected chi connectivity index (χ3v) is 3.94. The minimum absolute atomic E-state index is 0.201. The number of nitrogens with zero attached hydrogens (tertiary/aromatic N) is 1. The fraction of sp³-hybridized carbons (Fsp3) is 0.615. The van der Waals surface area contributed by atoms with E-state index in [1.54, 1.807) is 12.3 Å². The van der Waals surface area contributed by atoms with Gasteiger partial charge in [0, 0.05) is 12.7 Å². The van der Waals surface area contributed by atoms with Crippen LogP contribution in [0.2, 0.25) is 0 Å². The fourth-order valence-electron chi connectivity index (χ4n) is 2.67. The Labute approximate surface area is 102 Å². The SMILES string of the molecule is CC1CCCCC1(CN)Nc1ncccc1F. The number of aromatic nitrogens is 1. The molecule has 0 amide bonds. The first-order valence-electron chi connectivity index (χ1n) is 6.27. The molecule has 0 bridgehead atoms. The number of hydrogen-bond acceptors (Lipinski definition) is 3. The molecule has 2 rings (SSSR count). The van der Waals surface area contributed by atoms with Crippen molar-refractivity contribution in [1.82, 2.24) is 4.98 Å². The minimum atomic E-state index is -0.307. The van der Waals surface area contributed by atoms with Gasteiger partial charge in [0.25, 0.3) is 0 Å². The van der Waals surface area contributed by atoms with Crippen molar-refractivity contribution in [2.45, 2.75) is 38.1 Å². The molecular formula is C13H20FN3. The standard InChI is InChI=1S/C13H20FN3/c1-10-5-2-3-7-13(10,9-15)17-12-11(14)6-4-8-16-12/h4,6,8,10H,2-3,5,7,9,15H2,1H3,(H,16,17). The smallest absolute Gasteiger partial charge is 0.165 e. The maximum absolute atomic E-state index is 13.6. The second-order valence-corrected chi connectivity index (χ2v) is 4.97. The van der Waals surface area contributed by atoms with Crippen LogP contribution in [0.1, 0.15) is 32.6 Å². The summed E-state index contributed by atoms with van der Waals surface area (Å²) in [6, 6.07) is 3.02. The lowest BCUT2D eigenvalue weighted by molar-refractivity contribution is 0.234. The summed E-state index contributed by atoms with van der Waals surface area (Å²) < 4.78 is 13.6. The van der Waals surface area contributed by atoms with Crippen molar-refractivity contribution >= 4 is 5.82 Å². The van der Waals surface area contributed by atoms with Crippen molar-refractivity contribution < 1.29 is 4.39 Å². The summed E-state index contributed by atoms with van der Waals surface area (Å²) in [5.41, 5.74) is 5.71. The van der Waals surface area contributed by atoms with Gasteiger partial charge in [0.2, 0.25) is 0 Å². The molecule has 2 atom stereocenters. The Hall–Kier alpha value is -1.16. The summed E-state index contributed by atoms with van der Waals surface area (Å²) in [6.45, 7) is 2.70. The summed E-state index contributed by atoms with van der Waals surface area (Å²) in [5, 5.41) is 3.25. The third-order valence-electron chi connectivity index (χ3n) is 3.94. The van der Waals surface area contributed by atoms with E-state index in [1.807, 2.05) is 0 Å². The van der Waals surface area contributed by atoms with Gasteiger partial charge >= 0.3 is 0 Å². The summed E-state index contributed by atoms with van der Waals surface area (Å²) in [7, 11) is 0. The lowest BCUT2D eigenvalue weighted by Gasteiger charge is -2.43. The molecule has 1 aromatic rings. The highest BCUT2D eigenvalue weighted by atomic mass is 19.1. The number of anilines is 1. The van der Waals surface area contributed by atoms with E-state index in [2.05, 4.69) is 17.2 Å². The van der Waals surface area contributed by atoms with Crippen molar-refractivity contribution in [2.24, 2.45) is 11.7 Å². The second-order valence-electron chi connectivity index (χ2n) is 4.97. The highest BCUT2D eigenvalue weighted by Crippen LogP contribution is 2.35. The molecule has 4 heteroatoms. The van der Waals surface area contributed by atoms with Gasteiger partial charge in [-0.3, -0.25) is 0 Å². The van der Waals surface area contributed by atoms with Gasteiger partial charge in [-0.15, -0.1) is 0 Å². The Bertz CT molecular complexity index is 383. The molecule has 0 radical (unpaired) electrons. The molecule has 1 saturated carbocycles. The predicted molar refractivity (Wildman–Crippen MR) is 67.2 cm³/mol. The van der Waals surface area contributed by atoms with Gasteiger partial charge in [0.1, 0.15) is 0 Å². The first-order valence-corrected chi connectivity index (χ1v) is 6.27. The molecule has 0 spiro atoms. The largest absolute Gasteiger partial charge is 0.361 e. The van der Waals surface area contributed by atoms with E-state index in [9.17, 15) is 4.39 Å². The molecule has 1 fully saturated rings. The van der Waals surface area contributed by atoms with Crippen LogP contribution in [0, 0.1) is 11.7 Å². The third kappa shape index (κ3) is 2.41. The molecule has 1 aromatic heterocycles. The van der Waals surface area contributed by atoms with Crippen molar-refractivity contribution in [1.29, 1.82) is 0 Å². The van der Waals surface area contributed by atoms with Gasteiger partial charge in [-0.1, -0.05) is 19.8 Å². The molecule has 1 heterocycles. The van der Waals surface area contributed by atoms with E-state index in [4.69, 9.17) is 5.73 Å². The van der Waals surface area contributed by atoms with Crippen LogP contribution in [0.3, 0.4) is 0 Å². The van der Waals surface area contributed by atoms with Crippen LogP contribution in [0.4, 0.5) is 10.2 Å². The molecular weight excluding hydrogens is 217 g/mol. The summed E-state index contributed by atoms with van der Waals surface area (Å²) in [5.74, 6) is 0.465. The van der Waals surface area contributed by atoms with Crippen LogP contribution in [-0.2, 0) is 0 Å². The average molecular weight is 237 g/mol. The maximum Gasteiger partial charge on any atom is 0.165 e. The van der Waals surface area contributed by atoms with Gasteiger partial charge in [-0.2, -0.15) is 0 Å². The zero-order valence-electron chi connectivity index (χ0n) is 10.2. The van der Waals surface area contributed by atoms with Crippen LogP contribution in [-0.4, -0.2) is 17.1 Å². The second kappa shape index (κ2) is 5.00. The number of halogens is 1. The van der Waals surface area contributed by atoms with Crippen LogP contribution in [0.25, 0.3) is 0 Å². The van der Waals surface area contributed by atoms with Gasteiger partial charge in [-0.05, 0) is 30.9 Å². The summed E-state index contributed by atoms with van der Waals surface area (Å²) in [4.78, 5) is 4.06.